The Morgan fingerprint density at radius 3 is 2.59 bits per heavy atom. The molecular formula is C13H22N2O2. The van der Waals surface area contributed by atoms with E-state index in [9.17, 15) is 9.59 Å². The molecule has 1 heterocycles. The van der Waals surface area contributed by atoms with Crippen LogP contribution in [-0.2, 0) is 4.79 Å². The molecule has 1 saturated carbocycles. The van der Waals surface area contributed by atoms with Crippen molar-refractivity contribution in [1.82, 2.24) is 10.2 Å². The molecule has 3 amide bonds. The van der Waals surface area contributed by atoms with Gasteiger partial charge in [-0.1, -0.05) is 26.7 Å². The van der Waals surface area contributed by atoms with Crippen LogP contribution in [0.3, 0.4) is 0 Å². The molecule has 1 unspecified atom stereocenters. The van der Waals surface area contributed by atoms with Crippen LogP contribution in [0, 0.1) is 11.3 Å². The molecule has 0 aromatic rings. The quantitative estimate of drug-likeness (QED) is 0.819. The third kappa shape index (κ3) is 2.45. The summed E-state index contributed by atoms with van der Waals surface area (Å²) in [6.07, 6.45) is 6.11. The first kappa shape index (κ1) is 12.4. The van der Waals surface area contributed by atoms with Gasteiger partial charge in [-0.15, -0.1) is 0 Å². The lowest BCUT2D eigenvalue weighted by Gasteiger charge is -2.38. The number of nitrogens with one attached hydrogen (secondary N) is 1. The lowest BCUT2D eigenvalue weighted by Crippen LogP contribution is -2.55. The summed E-state index contributed by atoms with van der Waals surface area (Å²) in [5.41, 5.74) is 0.303. The molecule has 2 aliphatic rings. The molecule has 17 heavy (non-hydrogen) atoms. The van der Waals surface area contributed by atoms with Crippen LogP contribution < -0.4 is 5.32 Å². The molecule has 4 heteroatoms. The van der Waals surface area contributed by atoms with E-state index in [0.717, 1.165) is 13.0 Å². The van der Waals surface area contributed by atoms with Crippen molar-refractivity contribution in [3.63, 3.8) is 0 Å². The Morgan fingerprint density at radius 1 is 1.35 bits per heavy atom. The number of amides is 3. The second-order valence-electron chi connectivity index (χ2n) is 5.64. The lowest BCUT2D eigenvalue weighted by molar-refractivity contribution is -0.125. The van der Waals surface area contributed by atoms with Gasteiger partial charge in [-0.25, -0.2) is 4.79 Å². The van der Waals surface area contributed by atoms with Crippen molar-refractivity contribution < 1.29 is 9.59 Å². The highest BCUT2D eigenvalue weighted by atomic mass is 16.2. The van der Waals surface area contributed by atoms with E-state index in [1.807, 2.05) is 11.8 Å². The SMILES string of the molecule is CCC1(CN2CC(C)C(=O)NC2=O)CCCC1. The van der Waals surface area contributed by atoms with Crippen LogP contribution in [0.25, 0.3) is 0 Å². The molecule has 0 spiro atoms. The number of hydrogen-bond donors (Lipinski definition) is 1. The zero-order chi connectivity index (χ0) is 12.5. The van der Waals surface area contributed by atoms with Crippen molar-refractivity contribution >= 4 is 11.9 Å². The van der Waals surface area contributed by atoms with E-state index in [1.165, 1.54) is 25.7 Å². The minimum atomic E-state index is -0.201. The van der Waals surface area contributed by atoms with Crippen molar-refractivity contribution in [2.75, 3.05) is 13.1 Å². The highest BCUT2D eigenvalue weighted by Crippen LogP contribution is 2.41. The first-order chi connectivity index (χ1) is 8.06. The van der Waals surface area contributed by atoms with Crippen molar-refractivity contribution in [2.24, 2.45) is 11.3 Å². The summed E-state index contributed by atoms with van der Waals surface area (Å²) in [5, 5.41) is 2.44. The number of carbonyl (C=O) groups excluding carboxylic acids is 2. The summed E-state index contributed by atoms with van der Waals surface area (Å²) in [6, 6.07) is -0.201. The number of nitrogens with zero attached hydrogens (tertiary/aromatic N) is 1. The molecule has 1 aliphatic carbocycles. The Balaban J connectivity index is 2.02. The van der Waals surface area contributed by atoms with Gasteiger partial charge in [0.25, 0.3) is 0 Å². The van der Waals surface area contributed by atoms with Crippen LogP contribution in [0.2, 0.25) is 0 Å². The van der Waals surface area contributed by atoms with Crippen LogP contribution in [0.5, 0.6) is 0 Å². The van der Waals surface area contributed by atoms with Gasteiger partial charge in [0.1, 0.15) is 0 Å². The van der Waals surface area contributed by atoms with Gasteiger partial charge >= 0.3 is 6.03 Å². The zero-order valence-corrected chi connectivity index (χ0v) is 10.8. The number of rotatable bonds is 3. The van der Waals surface area contributed by atoms with Gasteiger partial charge in [0.05, 0.1) is 5.92 Å². The second kappa shape index (κ2) is 4.67. The molecule has 96 valence electrons. The highest BCUT2D eigenvalue weighted by Gasteiger charge is 2.38. The van der Waals surface area contributed by atoms with Gasteiger partial charge in [0.2, 0.25) is 5.91 Å². The van der Waals surface area contributed by atoms with E-state index in [-0.39, 0.29) is 17.9 Å². The standard InChI is InChI=1S/C13H22N2O2/c1-3-13(6-4-5-7-13)9-15-8-10(2)11(16)14-12(15)17/h10H,3-9H2,1-2H3,(H,14,16,17). The number of imide groups is 1. The minimum Gasteiger partial charge on any atom is -0.323 e. The summed E-state index contributed by atoms with van der Waals surface area (Å²) in [6.45, 7) is 5.48. The summed E-state index contributed by atoms with van der Waals surface area (Å²) < 4.78 is 0. The maximum atomic E-state index is 11.8. The Hall–Kier alpha value is -1.06. The molecule has 4 nitrogen and oxygen atoms in total. The van der Waals surface area contributed by atoms with E-state index in [0.29, 0.717) is 12.0 Å². The normalized spacial score (nSPS) is 28.4. The highest BCUT2D eigenvalue weighted by molar-refractivity contribution is 5.97. The molecule has 1 aliphatic heterocycles. The van der Waals surface area contributed by atoms with E-state index < -0.39 is 0 Å². The molecule has 0 radical (unpaired) electrons. The minimum absolute atomic E-state index is 0.0805. The molecule has 0 bridgehead atoms. The van der Waals surface area contributed by atoms with Gasteiger partial charge in [-0.3, -0.25) is 10.1 Å². The maximum absolute atomic E-state index is 11.8. The average Bonchev–Trinajstić information content (AvgIpc) is 2.75. The van der Waals surface area contributed by atoms with Crippen LogP contribution in [0.1, 0.15) is 46.0 Å². The molecule has 0 aromatic carbocycles. The topological polar surface area (TPSA) is 49.4 Å². The van der Waals surface area contributed by atoms with Crippen LogP contribution >= 0.6 is 0 Å². The fourth-order valence-corrected chi connectivity index (χ4v) is 3.09. The Morgan fingerprint density at radius 2 is 2.00 bits per heavy atom. The molecule has 1 N–H and O–H groups in total. The molecular weight excluding hydrogens is 216 g/mol. The summed E-state index contributed by atoms with van der Waals surface area (Å²) in [7, 11) is 0. The van der Waals surface area contributed by atoms with E-state index >= 15 is 0 Å². The number of carbonyl (C=O) groups is 2. The zero-order valence-electron chi connectivity index (χ0n) is 10.8. The summed E-state index contributed by atoms with van der Waals surface area (Å²) >= 11 is 0. The third-order valence-corrected chi connectivity index (χ3v) is 4.40. The van der Waals surface area contributed by atoms with E-state index in [4.69, 9.17) is 0 Å². The van der Waals surface area contributed by atoms with E-state index in [1.54, 1.807) is 0 Å². The predicted molar refractivity (Wildman–Crippen MR) is 65.5 cm³/mol. The smallest absolute Gasteiger partial charge is 0.323 e. The van der Waals surface area contributed by atoms with Crippen molar-refractivity contribution in [1.29, 1.82) is 0 Å². The second-order valence-corrected chi connectivity index (χ2v) is 5.64. The number of urea groups is 1. The Kier molecular flexibility index (Phi) is 3.40. The van der Waals surface area contributed by atoms with Crippen LogP contribution in [0.15, 0.2) is 0 Å². The van der Waals surface area contributed by atoms with Crippen molar-refractivity contribution in [3.8, 4) is 0 Å². The molecule has 2 fully saturated rings. The average molecular weight is 238 g/mol. The first-order valence-corrected chi connectivity index (χ1v) is 6.66. The van der Waals surface area contributed by atoms with Crippen LogP contribution in [-0.4, -0.2) is 29.9 Å². The lowest BCUT2D eigenvalue weighted by atomic mass is 9.82. The van der Waals surface area contributed by atoms with Gasteiger partial charge in [0, 0.05) is 13.1 Å². The first-order valence-electron chi connectivity index (χ1n) is 6.66. The maximum Gasteiger partial charge on any atom is 0.324 e. The molecule has 0 aromatic heterocycles. The largest absolute Gasteiger partial charge is 0.324 e. The van der Waals surface area contributed by atoms with Gasteiger partial charge in [0.15, 0.2) is 0 Å². The van der Waals surface area contributed by atoms with Gasteiger partial charge in [-0.2, -0.15) is 0 Å². The van der Waals surface area contributed by atoms with E-state index in [2.05, 4.69) is 12.2 Å². The fraction of sp³-hybridized carbons (Fsp3) is 0.846. The summed E-state index contributed by atoms with van der Waals surface area (Å²) in [4.78, 5) is 25.0. The number of hydrogen-bond acceptors (Lipinski definition) is 2. The Bertz CT molecular complexity index is 321. The monoisotopic (exact) mass is 238 g/mol. The van der Waals surface area contributed by atoms with Gasteiger partial charge in [-0.05, 0) is 24.7 Å². The predicted octanol–water partition coefficient (Wildman–Crippen LogP) is 2.14. The van der Waals surface area contributed by atoms with Gasteiger partial charge < -0.3 is 4.90 Å². The summed E-state index contributed by atoms with van der Waals surface area (Å²) in [5.74, 6) is -0.216. The fourth-order valence-electron chi connectivity index (χ4n) is 3.09. The third-order valence-electron chi connectivity index (χ3n) is 4.40. The van der Waals surface area contributed by atoms with Crippen LogP contribution in [0.4, 0.5) is 4.79 Å². The molecule has 1 saturated heterocycles. The molecule has 2 rings (SSSR count). The van der Waals surface area contributed by atoms with Crippen molar-refractivity contribution in [2.45, 2.75) is 46.0 Å². The molecule has 1 atom stereocenters. The Labute approximate surface area is 103 Å². The van der Waals surface area contributed by atoms with Crippen molar-refractivity contribution in [3.05, 3.63) is 0 Å².